The van der Waals surface area contributed by atoms with Gasteiger partial charge in [-0.3, -0.25) is 0 Å². The summed E-state index contributed by atoms with van der Waals surface area (Å²) in [6.45, 7) is 2.85. The van der Waals surface area contributed by atoms with Crippen LogP contribution in [0.15, 0.2) is 66.7 Å². The molecule has 1 aliphatic heterocycles. The number of rotatable bonds is 11. The van der Waals surface area contributed by atoms with Crippen LogP contribution in [0.2, 0.25) is 0 Å². The summed E-state index contributed by atoms with van der Waals surface area (Å²) in [5.41, 5.74) is 1.75. The fourth-order valence-corrected chi connectivity index (χ4v) is 5.86. The van der Waals surface area contributed by atoms with E-state index >= 15 is 8.78 Å². The van der Waals surface area contributed by atoms with Gasteiger partial charge in [-0.15, -0.1) is 0 Å². The second kappa shape index (κ2) is 12.9. The second-order valence-electron chi connectivity index (χ2n) is 11.5. The number of aryl methyl sites for hydroxylation is 1. The van der Waals surface area contributed by atoms with Crippen LogP contribution < -0.4 is 4.74 Å². The molecule has 0 saturated carbocycles. The lowest BCUT2D eigenvalue weighted by Gasteiger charge is -2.29. The second-order valence-corrected chi connectivity index (χ2v) is 11.5. The zero-order valence-corrected chi connectivity index (χ0v) is 25.4. The molecule has 1 N–H and O–H groups in total. The van der Waals surface area contributed by atoms with E-state index in [0.29, 0.717) is 48.6 Å². The monoisotopic (exact) mass is 631 g/mol. The summed E-state index contributed by atoms with van der Waals surface area (Å²) in [5, 5.41) is 9.61. The Balaban J connectivity index is 1.30. The van der Waals surface area contributed by atoms with Crippen molar-refractivity contribution in [3.05, 3.63) is 112 Å². The lowest BCUT2D eigenvalue weighted by atomic mass is 10.0. The molecule has 0 spiro atoms. The Morgan fingerprint density at radius 3 is 2.57 bits per heavy atom. The molecule has 0 bridgehead atoms. The van der Waals surface area contributed by atoms with Gasteiger partial charge in [0.05, 0.1) is 35.4 Å². The van der Waals surface area contributed by atoms with Crippen LogP contribution in [-0.4, -0.2) is 51.5 Å². The summed E-state index contributed by atoms with van der Waals surface area (Å²) in [4.78, 5) is 20.8. The number of hydrogen-bond acceptors (Lipinski definition) is 6. The Morgan fingerprint density at radius 2 is 1.83 bits per heavy atom. The van der Waals surface area contributed by atoms with Crippen LogP contribution >= 0.6 is 0 Å². The van der Waals surface area contributed by atoms with Gasteiger partial charge in [0.1, 0.15) is 35.5 Å². The maximum atomic E-state index is 15.7. The molecule has 1 saturated heterocycles. The van der Waals surface area contributed by atoms with Gasteiger partial charge in [-0.05, 0) is 73.4 Å². The maximum Gasteiger partial charge on any atom is 0.335 e. The van der Waals surface area contributed by atoms with Gasteiger partial charge in [0, 0.05) is 37.3 Å². The number of carboxylic acid groups (broad SMARTS) is 1. The molecule has 5 aromatic rings. The topological polar surface area (TPSA) is 95.7 Å². The molecule has 0 aliphatic carbocycles. The Bertz CT molecular complexity index is 1920. The fourth-order valence-electron chi connectivity index (χ4n) is 5.86. The average Bonchev–Trinajstić information content (AvgIpc) is 3.62. The zero-order valence-electron chi connectivity index (χ0n) is 25.4. The minimum atomic E-state index is -1.09. The van der Waals surface area contributed by atoms with Crippen molar-refractivity contribution in [1.29, 1.82) is 0 Å². The van der Waals surface area contributed by atoms with Crippen molar-refractivity contribution in [1.82, 2.24) is 14.5 Å². The minimum absolute atomic E-state index is 0.0617. The van der Waals surface area contributed by atoms with Crippen LogP contribution in [0.1, 0.15) is 45.7 Å². The van der Waals surface area contributed by atoms with Gasteiger partial charge in [0.2, 0.25) is 5.88 Å². The normalized spacial score (nSPS) is 16.3. The predicted molar refractivity (Wildman–Crippen MR) is 164 cm³/mol. The van der Waals surface area contributed by atoms with E-state index in [1.54, 1.807) is 44.4 Å². The molecule has 46 heavy (non-hydrogen) atoms. The molecule has 6 rings (SSSR count). The van der Waals surface area contributed by atoms with Crippen molar-refractivity contribution in [2.75, 3.05) is 20.3 Å². The molecule has 238 valence electrons. The summed E-state index contributed by atoms with van der Waals surface area (Å²) in [5.74, 6) is -2.30. The van der Waals surface area contributed by atoms with Gasteiger partial charge in [0.25, 0.3) is 0 Å². The Labute approximate surface area is 263 Å². The molecule has 1 fully saturated rings. The first-order valence-electron chi connectivity index (χ1n) is 14.8. The van der Waals surface area contributed by atoms with E-state index in [9.17, 15) is 14.3 Å². The van der Waals surface area contributed by atoms with Crippen molar-refractivity contribution in [3.8, 4) is 17.1 Å². The highest BCUT2D eigenvalue weighted by molar-refractivity contribution is 5.92. The van der Waals surface area contributed by atoms with Crippen molar-refractivity contribution in [3.63, 3.8) is 0 Å². The highest BCUT2D eigenvalue weighted by Gasteiger charge is 2.37. The summed E-state index contributed by atoms with van der Waals surface area (Å²) in [6, 6.07) is 16.3. The summed E-state index contributed by atoms with van der Waals surface area (Å²) >= 11 is 0. The smallest absolute Gasteiger partial charge is 0.335 e. The Kier molecular flexibility index (Phi) is 8.79. The van der Waals surface area contributed by atoms with Gasteiger partial charge in [-0.2, -0.15) is 0 Å². The number of carbonyl (C=O) groups is 1. The van der Waals surface area contributed by atoms with Crippen molar-refractivity contribution >= 4 is 17.0 Å². The van der Waals surface area contributed by atoms with Crippen LogP contribution in [0.4, 0.5) is 13.2 Å². The highest BCUT2D eigenvalue weighted by Crippen LogP contribution is 2.32. The first-order valence-corrected chi connectivity index (χ1v) is 14.8. The lowest BCUT2D eigenvalue weighted by molar-refractivity contribution is -0.0616. The molecule has 2 aromatic heterocycles. The van der Waals surface area contributed by atoms with E-state index in [4.69, 9.17) is 19.2 Å². The summed E-state index contributed by atoms with van der Waals surface area (Å²) in [7, 11) is 1.58. The highest BCUT2D eigenvalue weighted by atomic mass is 19.1. The summed E-state index contributed by atoms with van der Waals surface area (Å²) < 4.78 is 64.6. The van der Waals surface area contributed by atoms with Crippen LogP contribution in [0.25, 0.3) is 22.3 Å². The number of methoxy groups -OCH3 is 1. The third-order valence-electron chi connectivity index (χ3n) is 8.18. The number of nitrogens with zero attached hydrogens (tertiary/aromatic N) is 3. The molecule has 11 heteroatoms. The molecule has 1 atom stereocenters. The van der Waals surface area contributed by atoms with Crippen LogP contribution in [0, 0.1) is 24.4 Å². The Morgan fingerprint density at radius 1 is 1.00 bits per heavy atom. The van der Waals surface area contributed by atoms with Gasteiger partial charge in [0.15, 0.2) is 0 Å². The number of halogens is 3. The zero-order chi connectivity index (χ0) is 32.4. The first kappa shape index (κ1) is 31.3. The molecule has 0 radical (unpaired) electrons. The van der Waals surface area contributed by atoms with Crippen LogP contribution in [-0.2, 0) is 29.0 Å². The number of aromatic carboxylic acids is 1. The fraction of sp³-hybridized carbons (Fsp3) is 0.286. The van der Waals surface area contributed by atoms with E-state index in [-0.39, 0.29) is 41.3 Å². The van der Waals surface area contributed by atoms with Gasteiger partial charge < -0.3 is 23.9 Å². The van der Waals surface area contributed by atoms with Gasteiger partial charge >= 0.3 is 5.97 Å². The van der Waals surface area contributed by atoms with Crippen LogP contribution in [0.3, 0.4) is 0 Å². The standard InChI is InChI=1S/C35H32F3N3O5/c1-21-7-8-23(26(36)13-21)18-45-33-6-3-5-29(40-33)25-17-27(37)24(14-28(25)38)16-32-39-30-10-9-22(34(42)43)15-31(30)41(32)19-35(20-44-2)11-4-12-46-35/h3,5-10,13-15,17H,4,11-12,16,18-20H2,1-2H3,(H,42,43). The molecular formula is C35H32F3N3O5. The molecule has 3 aromatic carbocycles. The molecular weight excluding hydrogens is 599 g/mol. The Hall–Kier alpha value is -4.74. The third kappa shape index (κ3) is 6.47. The van der Waals surface area contributed by atoms with Crippen molar-refractivity contribution in [2.24, 2.45) is 0 Å². The number of benzene rings is 3. The average molecular weight is 632 g/mol. The number of carboxylic acids is 1. The lowest BCUT2D eigenvalue weighted by Crippen LogP contribution is -2.38. The van der Waals surface area contributed by atoms with E-state index in [2.05, 4.69) is 4.98 Å². The number of fused-ring (bicyclic) bond motifs is 1. The van der Waals surface area contributed by atoms with E-state index in [1.165, 1.54) is 24.3 Å². The molecule has 0 amide bonds. The quantitative estimate of drug-likeness (QED) is 0.170. The van der Waals surface area contributed by atoms with Crippen LogP contribution in [0.5, 0.6) is 5.88 Å². The minimum Gasteiger partial charge on any atom is -0.478 e. The van der Waals surface area contributed by atoms with E-state index < -0.39 is 29.0 Å². The third-order valence-corrected chi connectivity index (χ3v) is 8.18. The molecule has 8 nitrogen and oxygen atoms in total. The summed E-state index contributed by atoms with van der Waals surface area (Å²) in [6.07, 6.45) is 1.48. The molecule has 1 unspecified atom stereocenters. The van der Waals surface area contributed by atoms with Gasteiger partial charge in [-0.1, -0.05) is 18.2 Å². The van der Waals surface area contributed by atoms with Crippen molar-refractivity contribution in [2.45, 2.75) is 44.9 Å². The van der Waals surface area contributed by atoms with Gasteiger partial charge in [-0.25, -0.2) is 27.9 Å². The largest absolute Gasteiger partial charge is 0.478 e. The number of imidazole rings is 1. The first-order chi connectivity index (χ1) is 22.1. The maximum absolute atomic E-state index is 15.7. The number of pyridine rings is 1. The number of aromatic nitrogens is 3. The molecule has 3 heterocycles. The SMILES string of the molecule is COCC1(Cn2c(Cc3cc(F)c(-c4cccc(OCc5ccc(C)cc5F)n4)cc3F)nc3ccc(C(=O)O)cc32)CCCO1. The van der Waals surface area contributed by atoms with E-state index in [0.717, 1.165) is 24.1 Å². The number of hydrogen-bond donors (Lipinski definition) is 1. The predicted octanol–water partition coefficient (Wildman–Crippen LogP) is 6.89. The number of ether oxygens (including phenoxy) is 3. The molecule has 1 aliphatic rings. The van der Waals surface area contributed by atoms with E-state index in [1.807, 2.05) is 4.57 Å². The van der Waals surface area contributed by atoms with Crippen molar-refractivity contribution < 1.29 is 37.3 Å².